The summed E-state index contributed by atoms with van der Waals surface area (Å²) < 4.78 is 4.77. The van der Waals surface area contributed by atoms with Gasteiger partial charge in [0.05, 0.1) is 12.7 Å². The zero-order valence-electron chi connectivity index (χ0n) is 12.0. The first-order valence-corrected chi connectivity index (χ1v) is 6.88. The van der Waals surface area contributed by atoms with Crippen molar-refractivity contribution in [3.63, 3.8) is 0 Å². The molecular weight excluding hydrogens is 252 g/mol. The first-order valence-electron chi connectivity index (χ1n) is 6.88. The van der Waals surface area contributed by atoms with Crippen molar-refractivity contribution in [1.82, 2.24) is 0 Å². The van der Waals surface area contributed by atoms with Crippen molar-refractivity contribution < 1.29 is 14.6 Å². The van der Waals surface area contributed by atoms with E-state index in [9.17, 15) is 9.90 Å². The molecule has 0 bridgehead atoms. The van der Waals surface area contributed by atoms with Crippen LogP contribution in [0, 0.1) is 5.92 Å². The molecule has 3 heteroatoms. The zero-order valence-corrected chi connectivity index (χ0v) is 12.0. The summed E-state index contributed by atoms with van der Waals surface area (Å²) in [5, 5.41) is 9.98. The fourth-order valence-corrected chi connectivity index (χ4v) is 1.66. The second-order valence-corrected chi connectivity index (χ2v) is 4.59. The van der Waals surface area contributed by atoms with E-state index in [2.05, 4.69) is 0 Å². The highest BCUT2D eigenvalue weighted by Gasteiger charge is 2.09. The van der Waals surface area contributed by atoms with E-state index in [4.69, 9.17) is 4.74 Å². The molecule has 0 unspecified atom stereocenters. The molecule has 0 fully saturated rings. The van der Waals surface area contributed by atoms with Crippen LogP contribution in [-0.4, -0.2) is 23.8 Å². The Morgan fingerprint density at radius 2 is 2.05 bits per heavy atom. The van der Waals surface area contributed by atoms with E-state index in [1.165, 1.54) is 6.08 Å². The van der Waals surface area contributed by atoms with E-state index < -0.39 is 6.10 Å². The molecule has 0 saturated carbocycles. The van der Waals surface area contributed by atoms with Crippen molar-refractivity contribution in [3.8, 4) is 0 Å². The molecule has 0 aliphatic carbocycles. The molecule has 0 aliphatic rings. The van der Waals surface area contributed by atoms with Crippen LogP contribution in [0.15, 0.2) is 48.6 Å². The first-order chi connectivity index (χ1) is 9.63. The molecule has 0 aromatic heterocycles. The molecule has 0 heterocycles. The van der Waals surface area contributed by atoms with Gasteiger partial charge in [-0.05, 0) is 18.9 Å². The van der Waals surface area contributed by atoms with Gasteiger partial charge < -0.3 is 9.84 Å². The Hall–Kier alpha value is -1.87. The molecule has 2 atom stereocenters. The van der Waals surface area contributed by atoms with Gasteiger partial charge in [-0.25, -0.2) is 4.79 Å². The molecule has 1 aromatic rings. The van der Waals surface area contributed by atoms with E-state index in [-0.39, 0.29) is 11.9 Å². The van der Waals surface area contributed by atoms with Gasteiger partial charge in [0.15, 0.2) is 0 Å². The minimum Gasteiger partial charge on any atom is -0.463 e. The maximum absolute atomic E-state index is 11.1. The average molecular weight is 274 g/mol. The maximum Gasteiger partial charge on any atom is 0.330 e. The minimum atomic E-state index is -0.513. The summed E-state index contributed by atoms with van der Waals surface area (Å²) in [5.41, 5.74) is 1.11. The predicted molar refractivity (Wildman–Crippen MR) is 81.0 cm³/mol. The summed E-state index contributed by atoms with van der Waals surface area (Å²) in [6.07, 6.45) is 6.89. The summed E-state index contributed by atoms with van der Waals surface area (Å²) in [7, 11) is 0. The van der Waals surface area contributed by atoms with Gasteiger partial charge in [0.2, 0.25) is 0 Å². The lowest BCUT2D eigenvalue weighted by atomic mass is 10.00. The zero-order chi connectivity index (χ0) is 14.8. The van der Waals surface area contributed by atoms with Crippen LogP contribution in [0.4, 0.5) is 0 Å². The predicted octanol–water partition coefficient (Wildman–Crippen LogP) is 3.21. The van der Waals surface area contributed by atoms with Crippen LogP contribution in [0.1, 0.15) is 25.8 Å². The third kappa shape index (κ3) is 6.34. The number of benzene rings is 1. The van der Waals surface area contributed by atoms with Crippen molar-refractivity contribution in [2.24, 2.45) is 5.92 Å². The van der Waals surface area contributed by atoms with Gasteiger partial charge in [0.25, 0.3) is 0 Å². The largest absolute Gasteiger partial charge is 0.463 e. The standard InChI is InChI=1S/C17H22O3/c1-3-20-17(19)11-7-10-16(18)14(2)12-13-15-8-5-4-6-9-15/h4-9,11-14,16,18H,3,10H2,1-2H3/b11-7+,13-12+/t14-,16+/m1/s1. The normalized spacial score (nSPS) is 14.6. The smallest absolute Gasteiger partial charge is 0.330 e. The van der Waals surface area contributed by atoms with Crippen molar-refractivity contribution >= 4 is 12.0 Å². The van der Waals surface area contributed by atoms with E-state index in [0.29, 0.717) is 13.0 Å². The Labute approximate surface area is 120 Å². The number of hydrogen-bond donors (Lipinski definition) is 1. The Bertz CT molecular complexity index is 449. The second kappa shape index (κ2) is 9.10. The maximum atomic E-state index is 11.1. The molecule has 0 spiro atoms. The number of hydrogen-bond acceptors (Lipinski definition) is 3. The lowest BCUT2D eigenvalue weighted by Gasteiger charge is -2.13. The van der Waals surface area contributed by atoms with Crippen LogP contribution in [0.5, 0.6) is 0 Å². The lowest BCUT2D eigenvalue weighted by Crippen LogP contribution is -2.14. The SMILES string of the molecule is CCOC(=O)/C=C/C[C@H](O)[C@H](C)/C=C/c1ccccc1. The molecule has 0 saturated heterocycles. The van der Waals surface area contributed by atoms with Gasteiger partial charge in [-0.15, -0.1) is 0 Å². The summed E-state index contributed by atoms with van der Waals surface area (Å²) in [6.45, 7) is 4.07. The Morgan fingerprint density at radius 3 is 2.70 bits per heavy atom. The van der Waals surface area contributed by atoms with E-state index >= 15 is 0 Å². The molecular formula is C17H22O3. The van der Waals surface area contributed by atoms with Crippen molar-refractivity contribution in [2.75, 3.05) is 6.61 Å². The molecule has 3 nitrogen and oxygen atoms in total. The second-order valence-electron chi connectivity index (χ2n) is 4.59. The van der Waals surface area contributed by atoms with E-state index in [1.807, 2.05) is 49.4 Å². The lowest BCUT2D eigenvalue weighted by molar-refractivity contribution is -0.137. The number of esters is 1. The summed E-state index contributed by atoms with van der Waals surface area (Å²) >= 11 is 0. The van der Waals surface area contributed by atoms with E-state index in [0.717, 1.165) is 5.56 Å². The number of carbonyl (C=O) groups excluding carboxylic acids is 1. The Morgan fingerprint density at radius 1 is 1.35 bits per heavy atom. The summed E-state index contributed by atoms with van der Waals surface area (Å²) in [4.78, 5) is 11.1. The van der Waals surface area contributed by atoms with Crippen LogP contribution in [0.2, 0.25) is 0 Å². The van der Waals surface area contributed by atoms with Gasteiger partial charge in [-0.3, -0.25) is 0 Å². The summed E-state index contributed by atoms with van der Waals surface area (Å²) in [5.74, 6) is -0.353. The highest BCUT2D eigenvalue weighted by molar-refractivity contribution is 5.81. The fourth-order valence-electron chi connectivity index (χ4n) is 1.66. The first kappa shape index (κ1) is 16.2. The Balaban J connectivity index is 2.41. The van der Waals surface area contributed by atoms with Crippen LogP contribution in [0.3, 0.4) is 0 Å². The highest BCUT2D eigenvalue weighted by atomic mass is 16.5. The van der Waals surface area contributed by atoms with Gasteiger partial charge in [0.1, 0.15) is 0 Å². The quantitative estimate of drug-likeness (QED) is 0.613. The molecule has 20 heavy (non-hydrogen) atoms. The number of carbonyl (C=O) groups is 1. The van der Waals surface area contributed by atoms with Crippen molar-refractivity contribution in [1.29, 1.82) is 0 Å². The van der Waals surface area contributed by atoms with Crippen LogP contribution < -0.4 is 0 Å². The number of aliphatic hydroxyl groups is 1. The van der Waals surface area contributed by atoms with Crippen molar-refractivity contribution in [2.45, 2.75) is 26.4 Å². The molecule has 108 valence electrons. The monoisotopic (exact) mass is 274 g/mol. The van der Waals surface area contributed by atoms with Crippen LogP contribution in [0.25, 0.3) is 6.08 Å². The number of aliphatic hydroxyl groups excluding tert-OH is 1. The van der Waals surface area contributed by atoms with Gasteiger partial charge in [-0.2, -0.15) is 0 Å². The summed E-state index contributed by atoms with van der Waals surface area (Å²) in [6, 6.07) is 9.94. The third-order valence-corrected chi connectivity index (χ3v) is 2.92. The topological polar surface area (TPSA) is 46.5 Å². The highest BCUT2D eigenvalue weighted by Crippen LogP contribution is 2.12. The van der Waals surface area contributed by atoms with E-state index in [1.54, 1.807) is 13.0 Å². The average Bonchev–Trinajstić information content (AvgIpc) is 2.46. The minimum absolute atomic E-state index is 0.0158. The molecule has 1 aromatic carbocycles. The molecule has 1 rings (SSSR count). The molecule has 0 aliphatic heterocycles. The fraction of sp³-hybridized carbons (Fsp3) is 0.353. The van der Waals surface area contributed by atoms with Crippen LogP contribution >= 0.6 is 0 Å². The van der Waals surface area contributed by atoms with Gasteiger partial charge in [-0.1, -0.05) is 55.5 Å². The van der Waals surface area contributed by atoms with Crippen LogP contribution in [-0.2, 0) is 9.53 Å². The molecule has 0 amide bonds. The number of rotatable bonds is 7. The number of ether oxygens (including phenoxy) is 1. The van der Waals surface area contributed by atoms with Gasteiger partial charge in [0, 0.05) is 12.0 Å². The van der Waals surface area contributed by atoms with Crippen molar-refractivity contribution in [3.05, 3.63) is 54.1 Å². The Kier molecular flexibility index (Phi) is 7.36. The molecule has 1 N–H and O–H groups in total. The molecule has 0 radical (unpaired) electrons. The van der Waals surface area contributed by atoms with Gasteiger partial charge >= 0.3 is 5.97 Å². The third-order valence-electron chi connectivity index (χ3n) is 2.92.